The van der Waals surface area contributed by atoms with Gasteiger partial charge in [0.1, 0.15) is 0 Å². The molecule has 4 nitrogen and oxygen atoms in total. The summed E-state index contributed by atoms with van der Waals surface area (Å²) >= 11 is 1.64. The maximum absolute atomic E-state index is 5.93. The number of thiazole rings is 1. The first kappa shape index (κ1) is 18.7. The highest BCUT2D eigenvalue weighted by molar-refractivity contribution is 7.09. The fourth-order valence-electron chi connectivity index (χ4n) is 2.45. The fourth-order valence-corrected chi connectivity index (χ4v) is 3.27. The van der Waals surface area contributed by atoms with Crippen LogP contribution in [0, 0.1) is 0 Å². The minimum Gasteiger partial charge on any atom is -0.490 e. The van der Waals surface area contributed by atoms with Gasteiger partial charge in [-0.15, -0.1) is 11.3 Å². The van der Waals surface area contributed by atoms with Crippen molar-refractivity contribution in [1.29, 1.82) is 0 Å². The minimum atomic E-state index is 0.0153. The molecule has 0 radical (unpaired) electrons. The van der Waals surface area contributed by atoms with Gasteiger partial charge in [0.05, 0.1) is 23.9 Å². The van der Waals surface area contributed by atoms with Crippen LogP contribution in [0.3, 0.4) is 0 Å². The molecular formula is C19H28N2O2S. The Morgan fingerprint density at radius 3 is 2.42 bits per heavy atom. The third-order valence-electron chi connectivity index (χ3n) is 3.70. The van der Waals surface area contributed by atoms with Crippen LogP contribution in [0.1, 0.15) is 45.2 Å². The maximum Gasteiger partial charge on any atom is 0.170 e. The summed E-state index contributed by atoms with van der Waals surface area (Å²) in [6, 6.07) is 4.26. The summed E-state index contributed by atoms with van der Waals surface area (Å²) in [6.07, 6.45) is 0.798. The van der Waals surface area contributed by atoms with E-state index in [0.717, 1.165) is 34.2 Å². The van der Waals surface area contributed by atoms with Crippen LogP contribution >= 0.6 is 11.3 Å². The van der Waals surface area contributed by atoms with E-state index in [2.05, 4.69) is 38.3 Å². The topological polar surface area (TPSA) is 57.4 Å². The molecular weight excluding hydrogens is 320 g/mol. The van der Waals surface area contributed by atoms with Crippen LogP contribution < -0.4 is 15.2 Å². The number of nitrogens with zero attached hydrogens (tertiary/aromatic N) is 1. The molecule has 0 saturated heterocycles. The molecule has 0 aliphatic heterocycles. The molecule has 1 heterocycles. The van der Waals surface area contributed by atoms with Crippen molar-refractivity contribution >= 4 is 11.3 Å². The van der Waals surface area contributed by atoms with Crippen LogP contribution in [-0.4, -0.2) is 24.7 Å². The number of nitrogens with two attached hydrogens (primary N) is 1. The Hall–Kier alpha value is -1.59. The molecule has 2 rings (SSSR count). The molecule has 0 aliphatic carbocycles. The van der Waals surface area contributed by atoms with Gasteiger partial charge in [0.2, 0.25) is 0 Å². The summed E-state index contributed by atoms with van der Waals surface area (Å²) in [5.41, 5.74) is 8.80. The van der Waals surface area contributed by atoms with Crippen molar-refractivity contribution in [3.8, 4) is 22.8 Å². The van der Waals surface area contributed by atoms with Gasteiger partial charge in [-0.3, -0.25) is 0 Å². The van der Waals surface area contributed by atoms with Crippen LogP contribution in [-0.2, 0) is 11.8 Å². The smallest absolute Gasteiger partial charge is 0.170 e. The van der Waals surface area contributed by atoms with Crippen LogP contribution in [0.5, 0.6) is 11.5 Å². The average molecular weight is 349 g/mol. The van der Waals surface area contributed by atoms with Crippen molar-refractivity contribution in [3.05, 3.63) is 28.1 Å². The number of benzene rings is 1. The second kappa shape index (κ2) is 7.99. The Morgan fingerprint density at radius 1 is 1.12 bits per heavy atom. The highest BCUT2D eigenvalue weighted by atomic mass is 32.1. The Bertz CT molecular complexity index is 674. The second-order valence-corrected chi connectivity index (χ2v) is 7.57. The first-order chi connectivity index (χ1) is 11.4. The molecule has 0 unspecified atom stereocenters. The monoisotopic (exact) mass is 348 g/mol. The first-order valence-corrected chi connectivity index (χ1v) is 9.37. The van der Waals surface area contributed by atoms with Gasteiger partial charge in [0, 0.05) is 17.4 Å². The molecule has 0 bridgehead atoms. The van der Waals surface area contributed by atoms with E-state index in [1.54, 1.807) is 11.3 Å². The zero-order chi connectivity index (χ0) is 17.7. The van der Waals surface area contributed by atoms with Crippen LogP contribution in [0.25, 0.3) is 11.3 Å². The van der Waals surface area contributed by atoms with Crippen molar-refractivity contribution in [2.45, 2.75) is 46.5 Å². The van der Waals surface area contributed by atoms with E-state index in [0.29, 0.717) is 19.8 Å². The number of ether oxygens (including phenoxy) is 2. The lowest BCUT2D eigenvalue weighted by Crippen LogP contribution is -2.12. The molecule has 0 spiro atoms. The molecule has 132 valence electrons. The zero-order valence-corrected chi connectivity index (χ0v) is 16.1. The van der Waals surface area contributed by atoms with E-state index in [9.17, 15) is 0 Å². The summed E-state index contributed by atoms with van der Waals surface area (Å²) in [7, 11) is 0. The summed E-state index contributed by atoms with van der Waals surface area (Å²) < 4.78 is 11.8. The van der Waals surface area contributed by atoms with E-state index < -0.39 is 0 Å². The quantitative estimate of drug-likeness (QED) is 0.805. The SMILES string of the molecule is CCOc1cc(C(C)(C)C)cc(-c2csc(CCN)n2)c1OCC. The van der Waals surface area contributed by atoms with Gasteiger partial charge >= 0.3 is 0 Å². The molecule has 2 aromatic rings. The van der Waals surface area contributed by atoms with E-state index in [1.165, 1.54) is 5.56 Å². The van der Waals surface area contributed by atoms with Crippen LogP contribution in [0.4, 0.5) is 0 Å². The highest BCUT2D eigenvalue weighted by Crippen LogP contribution is 2.42. The van der Waals surface area contributed by atoms with Gasteiger partial charge in [-0.25, -0.2) is 4.98 Å². The summed E-state index contributed by atoms with van der Waals surface area (Å²) in [4.78, 5) is 4.74. The third-order valence-corrected chi connectivity index (χ3v) is 4.60. The average Bonchev–Trinajstić information content (AvgIpc) is 2.97. The second-order valence-electron chi connectivity index (χ2n) is 6.63. The van der Waals surface area contributed by atoms with Gasteiger partial charge < -0.3 is 15.2 Å². The van der Waals surface area contributed by atoms with Crippen molar-refractivity contribution < 1.29 is 9.47 Å². The van der Waals surface area contributed by atoms with Gasteiger partial charge in [-0.1, -0.05) is 20.8 Å². The lowest BCUT2D eigenvalue weighted by atomic mass is 9.85. The third kappa shape index (κ3) is 4.28. The molecule has 1 aromatic heterocycles. The van der Waals surface area contributed by atoms with Crippen molar-refractivity contribution in [2.75, 3.05) is 19.8 Å². The molecule has 24 heavy (non-hydrogen) atoms. The molecule has 0 fully saturated rings. The number of hydrogen-bond donors (Lipinski definition) is 1. The Kier molecular flexibility index (Phi) is 6.24. The lowest BCUT2D eigenvalue weighted by Gasteiger charge is -2.23. The molecule has 0 atom stereocenters. The fraction of sp³-hybridized carbons (Fsp3) is 0.526. The van der Waals surface area contributed by atoms with Crippen LogP contribution in [0.2, 0.25) is 0 Å². The predicted molar refractivity (Wildman–Crippen MR) is 101 cm³/mol. The van der Waals surface area contributed by atoms with Crippen molar-refractivity contribution in [2.24, 2.45) is 5.73 Å². The molecule has 5 heteroatoms. The standard InChI is InChI=1S/C19H28N2O2S/c1-6-22-16-11-13(19(3,4)5)10-14(18(16)23-7-2)15-12-24-17(21-15)8-9-20/h10-12H,6-9,20H2,1-5H3. The number of rotatable bonds is 7. The first-order valence-electron chi connectivity index (χ1n) is 8.49. The van der Waals surface area contributed by atoms with E-state index in [4.69, 9.17) is 20.2 Å². The Labute approximate surface area is 149 Å². The summed E-state index contributed by atoms with van der Waals surface area (Å²) in [5.74, 6) is 1.56. The van der Waals surface area contributed by atoms with Crippen molar-refractivity contribution in [1.82, 2.24) is 4.98 Å². The molecule has 0 amide bonds. The highest BCUT2D eigenvalue weighted by Gasteiger charge is 2.22. The largest absolute Gasteiger partial charge is 0.490 e. The van der Waals surface area contributed by atoms with Gasteiger partial charge in [0.15, 0.2) is 11.5 Å². The molecule has 0 saturated carbocycles. The molecule has 2 N–H and O–H groups in total. The Balaban J connectivity index is 2.61. The van der Waals surface area contributed by atoms with E-state index >= 15 is 0 Å². The minimum absolute atomic E-state index is 0.0153. The van der Waals surface area contributed by atoms with E-state index in [-0.39, 0.29) is 5.41 Å². The normalized spacial score (nSPS) is 11.6. The summed E-state index contributed by atoms with van der Waals surface area (Å²) in [5, 5.41) is 3.12. The predicted octanol–water partition coefficient (Wildman–Crippen LogP) is 4.41. The molecule has 1 aromatic carbocycles. The Morgan fingerprint density at radius 2 is 1.83 bits per heavy atom. The van der Waals surface area contributed by atoms with Crippen LogP contribution in [0.15, 0.2) is 17.5 Å². The van der Waals surface area contributed by atoms with Crippen molar-refractivity contribution in [3.63, 3.8) is 0 Å². The summed E-state index contributed by atoms with van der Waals surface area (Å²) in [6.45, 7) is 12.4. The lowest BCUT2D eigenvalue weighted by molar-refractivity contribution is 0.288. The van der Waals surface area contributed by atoms with E-state index in [1.807, 2.05) is 13.8 Å². The zero-order valence-electron chi connectivity index (χ0n) is 15.3. The van der Waals surface area contributed by atoms with Gasteiger partial charge in [-0.05, 0) is 43.5 Å². The van der Waals surface area contributed by atoms with Gasteiger partial charge in [-0.2, -0.15) is 0 Å². The van der Waals surface area contributed by atoms with Gasteiger partial charge in [0.25, 0.3) is 0 Å². The maximum atomic E-state index is 5.93. The number of hydrogen-bond acceptors (Lipinski definition) is 5. The number of aromatic nitrogens is 1. The molecule has 0 aliphatic rings.